The summed E-state index contributed by atoms with van der Waals surface area (Å²) in [5.74, 6) is 2.62. The van der Waals surface area contributed by atoms with E-state index < -0.39 is 5.60 Å². The molecular formula is C18H23N3O4. The Morgan fingerprint density at radius 1 is 1.24 bits per heavy atom. The molecule has 134 valence electrons. The Morgan fingerprint density at radius 2 is 2.08 bits per heavy atom. The van der Waals surface area contributed by atoms with Crippen LogP contribution in [0.2, 0.25) is 0 Å². The van der Waals surface area contributed by atoms with Gasteiger partial charge < -0.3 is 29.6 Å². The van der Waals surface area contributed by atoms with Gasteiger partial charge in [0.2, 0.25) is 6.79 Å². The molecule has 7 heteroatoms. The van der Waals surface area contributed by atoms with Gasteiger partial charge >= 0.3 is 0 Å². The molecule has 0 radical (unpaired) electrons. The van der Waals surface area contributed by atoms with Crippen molar-refractivity contribution in [3.05, 3.63) is 47.9 Å². The molecule has 0 aliphatic carbocycles. The van der Waals surface area contributed by atoms with Gasteiger partial charge in [0.25, 0.3) is 0 Å². The molecule has 1 aliphatic rings. The summed E-state index contributed by atoms with van der Waals surface area (Å²) >= 11 is 0. The largest absolute Gasteiger partial charge is 0.466 e. The van der Waals surface area contributed by atoms with E-state index >= 15 is 0 Å². The topological polar surface area (TPSA) is 88.3 Å². The first-order chi connectivity index (χ1) is 12.1. The molecule has 0 spiro atoms. The highest BCUT2D eigenvalue weighted by Gasteiger charge is 2.26. The molecule has 1 atom stereocenters. The minimum atomic E-state index is -1.13. The number of guanidine groups is 1. The summed E-state index contributed by atoms with van der Waals surface area (Å²) in [4.78, 5) is 4.55. The first-order valence-electron chi connectivity index (χ1n) is 8.25. The zero-order valence-corrected chi connectivity index (χ0v) is 14.4. The molecular weight excluding hydrogens is 322 g/mol. The number of aliphatic imine (C=N–C) groups is 1. The monoisotopic (exact) mass is 345 g/mol. The molecule has 3 N–H and O–H groups in total. The molecule has 0 bridgehead atoms. The number of fused-ring (bicyclic) bond motifs is 1. The van der Waals surface area contributed by atoms with E-state index in [-0.39, 0.29) is 13.3 Å². The van der Waals surface area contributed by atoms with Gasteiger partial charge in [-0.15, -0.1) is 0 Å². The van der Waals surface area contributed by atoms with Gasteiger partial charge in [-0.3, -0.25) is 0 Å². The van der Waals surface area contributed by atoms with Crippen LogP contribution in [-0.2, 0) is 12.1 Å². The van der Waals surface area contributed by atoms with E-state index in [9.17, 15) is 5.11 Å². The molecule has 3 rings (SSSR count). The van der Waals surface area contributed by atoms with Gasteiger partial charge in [0.1, 0.15) is 11.4 Å². The number of hydrogen-bond donors (Lipinski definition) is 3. The lowest BCUT2D eigenvalue weighted by molar-refractivity contribution is 0.0386. The Labute approximate surface area is 146 Å². The zero-order valence-electron chi connectivity index (χ0n) is 14.4. The molecule has 25 heavy (non-hydrogen) atoms. The minimum absolute atomic E-state index is 0.258. The highest BCUT2D eigenvalue weighted by Crippen LogP contribution is 2.32. The van der Waals surface area contributed by atoms with Gasteiger partial charge in [0.15, 0.2) is 17.5 Å². The summed E-state index contributed by atoms with van der Waals surface area (Å²) in [6.45, 7) is 5.41. The smallest absolute Gasteiger partial charge is 0.231 e. The third-order valence-electron chi connectivity index (χ3n) is 3.85. The maximum Gasteiger partial charge on any atom is 0.231 e. The first kappa shape index (κ1) is 17.2. The number of hydrogen-bond acceptors (Lipinski definition) is 5. The second-order valence-electron chi connectivity index (χ2n) is 5.99. The molecule has 7 nitrogen and oxygen atoms in total. The number of nitrogens with zero attached hydrogens (tertiary/aromatic N) is 1. The number of rotatable bonds is 6. The van der Waals surface area contributed by atoms with E-state index in [1.165, 1.54) is 0 Å². The summed E-state index contributed by atoms with van der Waals surface area (Å²) in [5, 5.41) is 16.8. The third kappa shape index (κ3) is 4.24. The summed E-state index contributed by atoms with van der Waals surface area (Å²) in [7, 11) is 0. The van der Waals surface area contributed by atoms with E-state index in [0.29, 0.717) is 18.3 Å². The quantitative estimate of drug-likeness (QED) is 0.548. The molecule has 0 saturated carbocycles. The average Bonchev–Trinajstić information content (AvgIpc) is 3.28. The number of furan rings is 1. The fraction of sp³-hybridized carbons (Fsp3) is 0.389. The van der Waals surface area contributed by atoms with Crippen LogP contribution >= 0.6 is 0 Å². The third-order valence-corrected chi connectivity index (χ3v) is 3.85. The van der Waals surface area contributed by atoms with Crippen LogP contribution in [0.1, 0.15) is 25.2 Å². The van der Waals surface area contributed by atoms with Gasteiger partial charge in [-0.1, -0.05) is 6.07 Å². The van der Waals surface area contributed by atoms with E-state index in [0.717, 1.165) is 23.6 Å². The van der Waals surface area contributed by atoms with Crippen molar-refractivity contribution in [1.29, 1.82) is 0 Å². The van der Waals surface area contributed by atoms with E-state index in [2.05, 4.69) is 15.6 Å². The zero-order chi connectivity index (χ0) is 17.7. The second-order valence-corrected chi connectivity index (χ2v) is 5.99. The van der Waals surface area contributed by atoms with Crippen LogP contribution in [0.25, 0.3) is 0 Å². The van der Waals surface area contributed by atoms with Gasteiger partial charge in [-0.05, 0) is 43.7 Å². The average molecular weight is 345 g/mol. The van der Waals surface area contributed by atoms with Crippen molar-refractivity contribution >= 4 is 5.96 Å². The Morgan fingerprint density at radius 3 is 2.84 bits per heavy atom. The fourth-order valence-electron chi connectivity index (χ4n) is 2.48. The Hall–Kier alpha value is -2.67. The molecule has 1 aliphatic heterocycles. The summed E-state index contributed by atoms with van der Waals surface area (Å²) in [5.41, 5.74) is -0.113. The summed E-state index contributed by atoms with van der Waals surface area (Å²) in [6.07, 6.45) is 1.54. The van der Waals surface area contributed by atoms with Crippen molar-refractivity contribution < 1.29 is 19.0 Å². The van der Waals surface area contributed by atoms with Gasteiger partial charge in [0.05, 0.1) is 19.4 Å². The van der Waals surface area contributed by atoms with Crippen molar-refractivity contribution in [3.63, 3.8) is 0 Å². The normalized spacial score (nSPS) is 15.7. The number of ether oxygens (including phenoxy) is 2. The van der Waals surface area contributed by atoms with Gasteiger partial charge in [-0.25, -0.2) is 4.99 Å². The summed E-state index contributed by atoms with van der Waals surface area (Å²) in [6, 6.07) is 9.27. The number of aliphatic hydroxyl groups is 1. The van der Waals surface area contributed by atoms with E-state index in [1.54, 1.807) is 25.3 Å². The Balaban J connectivity index is 1.63. The molecule has 1 aromatic heterocycles. The van der Waals surface area contributed by atoms with E-state index in [1.807, 2.05) is 25.1 Å². The van der Waals surface area contributed by atoms with Crippen LogP contribution in [0.15, 0.2) is 46.0 Å². The van der Waals surface area contributed by atoms with Gasteiger partial charge in [-0.2, -0.15) is 0 Å². The Bertz CT molecular complexity index is 726. The lowest BCUT2D eigenvalue weighted by Crippen LogP contribution is -2.44. The standard InChI is InChI=1S/C18H23N3O4/c1-3-19-17(21-11-18(2,22)16-5-4-8-23-16)20-10-13-6-7-14-15(9-13)25-12-24-14/h4-9,22H,3,10-12H2,1-2H3,(H2,19,20,21). The van der Waals surface area contributed by atoms with E-state index in [4.69, 9.17) is 13.9 Å². The van der Waals surface area contributed by atoms with Crippen molar-refractivity contribution in [3.8, 4) is 11.5 Å². The molecule has 0 amide bonds. The maximum atomic E-state index is 10.5. The van der Waals surface area contributed by atoms with Crippen LogP contribution < -0.4 is 20.1 Å². The molecule has 2 heterocycles. The minimum Gasteiger partial charge on any atom is -0.466 e. The van der Waals surface area contributed by atoms with Crippen molar-refractivity contribution in [2.75, 3.05) is 19.9 Å². The second kappa shape index (κ2) is 7.48. The predicted molar refractivity (Wildman–Crippen MR) is 93.7 cm³/mol. The SMILES string of the molecule is CCNC(=NCc1ccc2c(c1)OCO2)NCC(C)(O)c1ccco1. The van der Waals surface area contributed by atoms with Crippen molar-refractivity contribution in [1.82, 2.24) is 10.6 Å². The number of benzene rings is 1. The summed E-state index contributed by atoms with van der Waals surface area (Å²) < 4.78 is 16.0. The van der Waals surface area contributed by atoms with Crippen LogP contribution in [0, 0.1) is 0 Å². The number of nitrogens with one attached hydrogen (secondary N) is 2. The molecule has 1 aromatic carbocycles. The van der Waals surface area contributed by atoms with Crippen LogP contribution in [0.5, 0.6) is 11.5 Å². The van der Waals surface area contributed by atoms with Gasteiger partial charge in [0, 0.05) is 6.54 Å². The highest BCUT2D eigenvalue weighted by molar-refractivity contribution is 5.79. The molecule has 2 aromatic rings. The lowest BCUT2D eigenvalue weighted by atomic mass is 10.0. The van der Waals surface area contributed by atoms with Crippen LogP contribution in [0.4, 0.5) is 0 Å². The molecule has 1 unspecified atom stereocenters. The predicted octanol–water partition coefficient (Wildman–Crippen LogP) is 1.97. The molecule has 0 fully saturated rings. The lowest BCUT2D eigenvalue weighted by Gasteiger charge is -2.22. The highest BCUT2D eigenvalue weighted by atomic mass is 16.7. The van der Waals surface area contributed by atoms with Crippen molar-refractivity contribution in [2.24, 2.45) is 4.99 Å². The Kier molecular flexibility index (Phi) is 5.14. The van der Waals surface area contributed by atoms with Crippen LogP contribution in [0.3, 0.4) is 0 Å². The molecule has 0 saturated heterocycles. The maximum absolute atomic E-state index is 10.5. The van der Waals surface area contributed by atoms with Crippen molar-refractivity contribution in [2.45, 2.75) is 26.0 Å². The first-order valence-corrected chi connectivity index (χ1v) is 8.25. The van der Waals surface area contributed by atoms with Crippen LogP contribution in [-0.4, -0.2) is 30.9 Å². The fourth-order valence-corrected chi connectivity index (χ4v) is 2.48.